The number of primary amides is 1. The molecule has 0 aliphatic carbocycles. The first-order valence-corrected chi connectivity index (χ1v) is 7.20. The van der Waals surface area contributed by atoms with Gasteiger partial charge in [-0.1, -0.05) is 6.92 Å². The van der Waals surface area contributed by atoms with Crippen LogP contribution in [0.3, 0.4) is 0 Å². The minimum absolute atomic E-state index is 0.332. The first-order valence-electron chi connectivity index (χ1n) is 7.20. The van der Waals surface area contributed by atoms with E-state index in [0.29, 0.717) is 12.5 Å². The SMILES string of the molecule is CC(CN)CN1CCCN(C(C)C(=O)NC(N)=O)CC1. The fraction of sp³-hybridized carbons (Fsp3) is 0.846. The quantitative estimate of drug-likeness (QED) is 0.612. The molecule has 0 aromatic rings. The van der Waals surface area contributed by atoms with Crippen molar-refractivity contribution in [1.82, 2.24) is 15.1 Å². The lowest BCUT2D eigenvalue weighted by Crippen LogP contribution is -2.49. The Labute approximate surface area is 120 Å². The van der Waals surface area contributed by atoms with Gasteiger partial charge >= 0.3 is 6.03 Å². The fourth-order valence-corrected chi connectivity index (χ4v) is 2.47. The van der Waals surface area contributed by atoms with Gasteiger partial charge in [-0.05, 0) is 32.4 Å². The molecule has 116 valence electrons. The summed E-state index contributed by atoms with van der Waals surface area (Å²) in [4.78, 5) is 27.0. The third kappa shape index (κ3) is 5.44. The molecule has 1 rings (SSSR count). The van der Waals surface area contributed by atoms with Gasteiger partial charge in [0.25, 0.3) is 0 Å². The maximum atomic E-state index is 11.8. The average molecular weight is 285 g/mol. The van der Waals surface area contributed by atoms with Crippen molar-refractivity contribution in [2.45, 2.75) is 26.3 Å². The van der Waals surface area contributed by atoms with Crippen molar-refractivity contribution in [3.05, 3.63) is 0 Å². The molecular weight excluding hydrogens is 258 g/mol. The van der Waals surface area contributed by atoms with Gasteiger partial charge in [0, 0.05) is 26.2 Å². The van der Waals surface area contributed by atoms with E-state index in [2.05, 4.69) is 22.0 Å². The highest BCUT2D eigenvalue weighted by atomic mass is 16.2. The van der Waals surface area contributed by atoms with E-state index in [1.54, 1.807) is 6.92 Å². The number of amides is 3. The lowest BCUT2D eigenvalue weighted by atomic mass is 10.1. The summed E-state index contributed by atoms with van der Waals surface area (Å²) in [7, 11) is 0. The van der Waals surface area contributed by atoms with Crippen molar-refractivity contribution in [2.75, 3.05) is 39.3 Å². The summed E-state index contributed by atoms with van der Waals surface area (Å²) in [6, 6.07) is -1.13. The van der Waals surface area contributed by atoms with Crippen LogP contribution < -0.4 is 16.8 Å². The minimum atomic E-state index is -0.796. The predicted molar refractivity (Wildman–Crippen MR) is 78.0 cm³/mol. The summed E-state index contributed by atoms with van der Waals surface area (Å²) in [5.74, 6) is 0.151. The Bertz CT molecular complexity index is 337. The second-order valence-electron chi connectivity index (χ2n) is 5.56. The molecule has 0 aromatic carbocycles. The van der Waals surface area contributed by atoms with Crippen LogP contribution >= 0.6 is 0 Å². The van der Waals surface area contributed by atoms with Crippen LogP contribution in [-0.4, -0.2) is 67.0 Å². The zero-order valence-corrected chi connectivity index (χ0v) is 12.5. The third-order valence-corrected chi connectivity index (χ3v) is 3.77. The second kappa shape index (κ2) is 8.18. The zero-order valence-electron chi connectivity index (χ0n) is 12.5. The van der Waals surface area contributed by atoms with E-state index in [1.807, 2.05) is 0 Å². The lowest BCUT2D eigenvalue weighted by molar-refractivity contribution is -0.124. The van der Waals surface area contributed by atoms with Gasteiger partial charge < -0.3 is 16.4 Å². The molecule has 0 bridgehead atoms. The molecule has 20 heavy (non-hydrogen) atoms. The van der Waals surface area contributed by atoms with Gasteiger partial charge in [-0.15, -0.1) is 0 Å². The summed E-state index contributed by atoms with van der Waals surface area (Å²) in [5.41, 5.74) is 10.6. The van der Waals surface area contributed by atoms with E-state index in [1.165, 1.54) is 0 Å². The summed E-state index contributed by atoms with van der Waals surface area (Å²) in [6.45, 7) is 9.22. The molecule has 0 spiro atoms. The van der Waals surface area contributed by atoms with Crippen LogP contribution in [0, 0.1) is 5.92 Å². The summed E-state index contributed by atoms with van der Waals surface area (Å²) < 4.78 is 0. The highest BCUT2D eigenvalue weighted by Gasteiger charge is 2.24. The lowest BCUT2D eigenvalue weighted by Gasteiger charge is -2.27. The van der Waals surface area contributed by atoms with Crippen molar-refractivity contribution in [2.24, 2.45) is 17.4 Å². The van der Waals surface area contributed by atoms with E-state index >= 15 is 0 Å². The number of nitrogens with two attached hydrogens (primary N) is 2. The Morgan fingerprint density at radius 1 is 1.20 bits per heavy atom. The summed E-state index contributed by atoms with van der Waals surface area (Å²) >= 11 is 0. The van der Waals surface area contributed by atoms with Gasteiger partial charge in [-0.25, -0.2) is 4.79 Å². The highest BCUT2D eigenvalue weighted by Crippen LogP contribution is 2.09. The van der Waals surface area contributed by atoms with Gasteiger partial charge in [-0.3, -0.25) is 15.0 Å². The molecule has 1 heterocycles. The number of nitrogens with zero attached hydrogens (tertiary/aromatic N) is 2. The Morgan fingerprint density at radius 3 is 2.50 bits per heavy atom. The molecule has 1 saturated heterocycles. The first-order chi connectivity index (χ1) is 9.43. The minimum Gasteiger partial charge on any atom is -0.351 e. The molecule has 1 fully saturated rings. The maximum Gasteiger partial charge on any atom is 0.318 e. The molecule has 2 atom stereocenters. The molecular formula is C13H27N5O2. The number of rotatable bonds is 5. The standard InChI is InChI=1S/C13H27N5O2/c1-10(8-14)9-17-4-3-5-18(7-6-17)11(2)12(19)16-13(15)20/h10-11H,3-9,14H2,1-2H3,(H3,15,16,19,20). The Balaban J connectivity index is 2.46. The van der Waals surface area contributed by atoms with Crippen molar-refractivity contribution >= 4 is 11.9 Å². The van der Waals surface area contributed by atoms with Crippen LogP contribution in [0.5, 0.6) is 0 Å². The van der Waals surface area contributed by atoms with E-state index in [-0.39, 0.29) is 11.9 Å². The number of hydrogen-bond donors (Lipinski definition) is 3. The normalized spacial score (nSPS) is 20.9. The number of imide groups is 1. The predicted octanol–water partition coefficient (Wildman–Crippen LogP) is -0.828. The maximum absolute atomic E-state index is 11.8. The van der Waals surface area contributed by atoms with Crippen molar-refractivity contribution in [3.63, 3.8) is 0 Å². The Hall–Kier alpha value is -1.18. The summed E-state index contributed by atoms with van der Waals surface area (Å²) in [6.07, 6.45) is 1.01. The topological polar surface area (TPSA) is 105 Å². The second-order valence-corrected chi connectivity index (χ2v) is 5.56. The van der Waals surface area contributed by atoms with Gasteiger partial charge in [-0.2, -0.15) is 0 Å². The largest absolute Gasteiger partial charge is 0.351 e. The van der Waals surface area contributed by atoms with E-state index in [0.717, 1.165) is 39.1 Å². The van der Waals surface area contributed by atoms with E-state index < -0.39 is 6.03 Å². The smallest absolute Gasteiger partial charge is 0.318 e. The van der Waals surface area contributed by atoms with E-state index in [9.17, 15) is 9.59 Å². The van der Waals surface area contributed by atoms with Crippen LogP contribution in [0.1, 0.15) is 20.3 Å². The van der Waals surface area contributed by atoms with Crippen LogP contribution in [0.25, 0.3) is 0 Å². The van der Waals surface area contributed by atoms with Crippen molar-refractivity contribution < 1.29 is 9.59 Å². The molecule has 7 heteroatoms. The Morgan fingerprint density at radius 2 is 1.90 bits per heavy atom. The van der Waals surface area contributed by atoms with Crippen LogP contribution in [0.15, 0.2) is 0 Å². The first kappa shape index (κ1) is 16.9. The number of urea groups is 1. The number of hydrogen-bond acceptors (Lipinski definition) is 5. The van der Waals surface area contributed by atoms with E-state index in [4.69, 9.17) is 11.5 Å². The van der Waals surface area contributed by atoms with Crippen molar-refractivity contribution in [1.29, 1.82) is 0 Å². The molecule has 1 aliphatic heterocycles. The molecule has 0 aromatic heterocycles. The average Bonchev–Trinajstić information content (AvgIpc) is 2.62. The number of carbonyl (C=O) groups excluding carboxylic acids is 2. The van der Waals surface area contributed by atoms with Gasteiger partial charge in [0.1, 0.15) is 0 Å². The van der Waals surface area contributed by atoms with Crippen LogP contribution in [-0.2, 0) is 4.79 Å². The van der Waals surface area contributed by atoms with Gasteiger partial charge in [0.05, 0.1) is 6.04 Å². The zero-order chi connectivity index (χ0) is 15.1. The summed E-state index contributed by atoms with van der Waals surface area (Å²) in [5, 5.41) is 2.14. The monoisotopic (exact) mass is 285 g/mol. The Kier molecular flexibility index (Phi) is 6.90. The molecule has 0 saturated carbocycles. The molecule has 7 nitrogen and oxygen atoms in total. The molecule has 3 amide bonds. The molecule has 0 radical (unpaired) electrons. The van der Waals surface area contributed by atoms with Crippen LogP contribution in [0.2, 0.25) is 0 Å². The molecule has 2 unspecified atom stereocenters. The van der Waals surface area contributed by atoms with Gasteiger partial charge in [0.2, 0.25) is 5.91 Å². The molecule has 1 aliphatic rings. The van der Waals surface area contributed by atoms with Crippen molar-refractivity contribution in [3.8, 4) is 0 Å². The molecule has 5 N–H and O–H groups in total. The highest BCUT2D eigenvalue weighted by molar-refractivity contribution is 5.96. The fourth-order valence-electron chi connectivity index (χ4n) is 2.47. The van der Waals surface area contributed by atoms with Crippen LogP contribution in [0.4, 0.5) is 4.79 Å². The number of nitrogens with one attached hydrogen (secondary N) is 1. The third-order valence-electron chi connectivity index (χ3n) is 3.77. The number of carbonyl (C=O) groups is 2. The van der Waals surface area contributed by atoms with Gasteiger partial charge in [0.15, 0.2) is 0 Å².